The Kier molecular flexibility index (Phi) is 8.54. The van der Waals surface area contributed by atoms with E-state index in [1.54, 1.807) is 6.92 Å². The molecule has 0 aliphatic carbocycles. The molecule has 0 heterocycles. The molecule has 3 nitrogen and oxygen atoms in total. The van der Waals surface area contributed by atoms with Gasteiger partial charge >= 0.3 is 0 Å². The van der Waals surface area contributed by atoms with Crippen LogP contribution in [-0.4, -0.2) is 11.7 Å². The summed E-state index contributed by atoms with van der Waals surface area (Å²) in [6.07, 6.45) is 2.48. The minimum absolute atomic E-state index is 0.133. The van der Waals surface area contributed by atoms with Gasteiger partial charge in [0.25, 0.3) is 0 Å². The van der Waals surface area contributed by atoms with Crippen LogP contribution in [0.1, 0.15) is 51.5 Å². The normalized spacial score (nSPS) is 11.1. The molecule has 1 aromatic rings. The molecular weight excluding hydrogens is 226 g/mol. The Morgan fingerprint density at radius 1 is 1.17 bits per heavy atom. The second-order valence-electron chi connectivity index (χ2n) is 4.23. The number of hydrogen-bond donors (Lipinski definition) is 1. The lowest BCUT2D eigenvalue weighted by Gasteiger charge is -2.09. The molecule has 0 unspecified atom stereocenters. The number of amides is 1. The standard InChI is InChI=1S/C10H13NO.C5H10O/c1-2-9(10(11)12)8-6-4-3-5-7-8;1-3-4-5(2)6/h3-7,9H,2H2,1H3,(H2,11,12);3-4H2,1-2H3/t9-;/m0./s1. The molecule has 1 rings (SSSR count). The summed E-state index contributed by atoms with van der Waals surface area (Å²) in [5.41, 5.74) is 6.25. The Balaban J connectivity index is 0.000000411. The predicted octanol–water partition coefficient (Wildman–Crippen LogP) is 3.04. The number of Topliss-reactive ketones (excluding diaryl/α,β-unsaturated/α-hetero) is 1. The van der Waals surface area contributed by atoms with Crippen molar-refractivity contribution in [1.29, 1.82) is 0 Å². The molecule has 0 saturated carbocycles. The van der Waals surface area contributed by atoms with Gasteiger partial charge in [0.15, 0.2) is 0 Å². The third kappa shape index (κ3) is 6.84. The van der Waals surface area contributed by atoms with Crippen molar-refractivity contribution in [2.45, 2.75) is 46.0 Å². The zero-order valence-corrected chi connectivity index (χ0v) is 11.5. The Labute approximate surface area is 109 Å². The van der Waals surface area contributed by atoms with E-state index in [0.717, 1.165) is 24.8 Å². The predicted molar refractivity (Wildman–Crippen MR) is 74.3 cm³/mol. The van der Waals surface area contributed by atoms with Crippen LogP contribution in [0, 0.1) is 0 Å². The molecule has 1 atom stereocenters. The van der Waals surface area contributed by atoms with Crippen LogP contribution < -0.4 is 5.73 Å². The Morgan fingerprint density at radius 3 is 2.00 bits per heavy atom. The average Bonchev–Trinajstić information content (AvgIpc) is 2.31. The highest BCUT2D eigenvalue weighted by atomic mass is 16.1. The topological polar surface area (TPSA) is 60.2 Å². The van der Waals surface area contributed by atoms with Crippen molar-refractivity contribution < 1.29 is 9.59 Å². The van der Waals surface area contributed by atoms with E-state index in [2.05, 4.69) is 0 Å². The Bertz CT molecular complexity index is 360. The fourth-order valence-electron chi connectivity index (χ4n) is 1.64. The van der Waals surface area contributed by atoms with E-state index in [9.17, 15) is 9.59 Å². The first-order chi connectivity index (χ1) is 8.52. The van der Waals surface area contributed by atoms with Gasteiger partial charge in [0.2, 0.25) is 5.91 Å². The van der Waals surface area contributed by atoms with Gasteiger partial charge in [-0.1, -0.05) is 44.2 Å². The van der Waals surface area contributed by atoms with Crippen LogP contribution in [0.3, 0.4) is 0 Å². The number of rotatable bonds is 5. The second kappa shape index (κ2) is 9.40. The van der Waals surface area contributed by atoms with Crippen LogP contribution in [0.2, 0.25) is 0 Å². The molecule has 100 valence electrons. The van der Waals surface area contributed by atoms with Gasteiger partial charge in [-0.15, -0.1) is 0 Å². The van der Waals surface area contributed by atoms with E-state index in [4.69, 9.17) is 5.73 Å². The van der Waals surface area contributed by atoms with Gasteiger partial charge < -0.3 is 10.5 Å². The summed E-state index contributed by atoms with van der Waals surface area (Å²) in [6.45, 7) is 5.58. The zero-order valence-electron chi connectivity index (χ0n) is 11.5. The second-order valence-corrected chi connectivity index (χ2v) is 4.23. The van der Waals surface area contributed by atoms with E-state index in [1.165, 1.54) is 0 Å². The highest BCUT2D eigenvalue weighted by Crippen LogP contribution is 2.17. The summed E-state index contributed by atoms with van der Waals surface area (Å²) in [4.78, 5) is 21.0. The first-order valence-corrected chi connectivity index (χ1v) is 6.36. The van der Waals surface area contributed by atoms with Crippen LogP contribution >= 0.6 is 0 Å². The van der Waals surface area contributed by atoms with E-state index in [-0.39, 0.29) is 17.6 Å². The van der Waals surface area contributed by atoms with Gasteiger partial charge in [-0.3, -0.25) is 4.79 Å². The molecule has 18 heavy (non-hydrogen) atoms. The first-order valence-electron chi connectivity index (χ1n) is 6.36. The minimum Gasteiger partial charge on any atom is -0.369 e. The lowest BCUT2D eigenvalue weighted by atomic mass is 9.96. The summed E-state index contributed by atoms with van der Waals surface area (Å²) >= 11 is 0. The van der Waals surface area contributed by atoms with E-state index in [0.29, 0.717) is 0 Å². The van der Waals surface area contributed by atoms with Gasteiger partial charge in [0.1, 0.15) is 5.78 Å². The number of nitrogens with two attached hydrogens (primary N) is 1. The van der Waals surface area contributed by atoms with Crippen LogP contribution in [-0.2, 0) is 9.59 Å². The molecule has 0 spiro atoms. The molecule has 2 N–H and O–H groups in total. The number of benzene rings is 1. The largest absolute Gasteiger partial charge is 0.369 e. The quantitative estimate of drug-likeness (QED) is 0.871. The maximum absolute atomic E-state index is 11.0. The van der Waals surface area contributed by atoms with Crippen molar-refractivity contribution in [3.8, 4) is 0 Å². The van der Waals surface area contributed by atoms with Crippen molar-refractivity contribution in [2.24, 2.45) is 5.73 Å². The molecule has 0 aliphatic rings. The summed E-state index contributed by atoms with van der Waals surface area (Å²) < 4.78 is 0. The van der Waals surface area contributed by atoms with Crippen LogP contribution in [0.5, 0.6) is 0 Å². The van der Waals surface area contributed by atoms with E-state index >= 15 is 0 Å². The zero-order chi connectivity index (χ0) is 14.0. The molecular formula is C15H23NO2. The lowest BCUT2D eigenvalue weighted by molar-refractivity contribution is -0.119. The minimum atomic E-state index is -0.247. The molecule has 0 fully saturated rings. The molecule has 0 radical (unpaired) electrons. The van der Waals surface area contributed by atoms with Gasteiger partial charge in [-0.25, -0.2) is 0 Å². The van der Waals surface area contributed by atoms with Crippen molar-refractivity contribution in [2.75, 3.05) is 0 Å². The average molecular weight is 249 g/mol. The molecule has 0 aromatic heterocycles. The first kappa shape index (κ1) is 16.4. The van der Waals surface area contributed by atoms with Crippen LogP contribution in [0.15, 0.2) is 30.3 Å². The number of ketones is 1. The number of hydrogen-bond acceptors (Lipinski definition) is 2. The lowest BCUT2D eigenvalue weighted by Crippen LogP contribution is -2.20. The third-order valence-electron chi connectivity index (χ3n) is 2.56. The fourth-order valence-corrected chi connectivity index (χ4v) is 1.64. The smallest absolute Gasteiger partial charge is 0.224 e. The maximum atomic E-state index is 11.0. The third-order valence-corrected chi connectivity index (χ3v) is 2.56. The van der Waals surface area contributed by atoms with Crippen molar-refractivity contribution in [1.82, 2.24) is 0 Å². The monoisotopic (exact) mass is 249 g/mol. The van der Waals surface area contributed by atoms with Crippen LogP contribution in [0.25, 0.3) is 0 Å². The van der Waals surface area contributed by atoms with Gasteiger partial charge in [0, 0.05) is 6.42 Å². The van der Waals surface area contributed by atoms with E-state index < -0.39 is 0 Å². The molecule has 0 saturated heterocycles. The summed E-state index contributed by atoms with van der Waals surface area (Å²) in [5, 5.41) is 0. The van der Waals surface area contributed by atoms with Crippen LogP contribution in [0.4, 0.5) is 0 Å². The Hall–Kier alpha value is -1.64. The van der Waals surface area contributed by atoms with Gasteiger partial charge in [0.05, 0.1) is 5.92 Å². The maximum Gasteiger partial charge on any atom is 0.224 e. The van der Waals surface area contributed by atoms with Gasteiger partial charge in [-0.2, -0.15) is 0 Å². The highest BCUT2D eigenvalue weighted by Gasteiger charge is 2.13. The van der Waals surface area contributed by atoms with E-state index in [1.807, 2.05) is 44.2 Å². The summed E-state index contributed by atoms with van der Waals surface area (Å²) in [7, 11) is 0. The summed E-state index contributed by atoms with van der Waals surface area (Å²) in [6, 6.07) is 9.62. The number of carbonyl (C=O) groups is 2. The molecule has 1 amide bonds. The van der Waals surface area contributed by atoms with Crippen molar-refractivity contribution in [3.63, 3.8) is 0 Å². The highest BCUT2D eigenvalue weighted by molar-refractivity contribution is 5.81. The number of carbonyl (C=O) groups excluding carboxylic acids is 2. The Morgan fingerprint density at radius 2 is 1.72 bits per heavy atom. The number of primary amides is 1. The molecule has 0 aliphatic heterocycles. The van der Waals surface area contributed by atoms with Gasteiger partial charge in [-0.05, 0) is 25.3 Å². The summed E-state index contributed by atoms with van der Waals surface area (Å²) in [5.74, 6) is -0.0904. The molecule has 1 aromatic carbocycles. The fraction of sp³-hybridized carbons (Fsp3) is 0.467. The molecule has 0 bridgehead atoms. The van der Waals surface area contributed by atoms with Crippen molar-refractivity contribution in [3.05, 3.63) is 35.9 Å². The SMILES string of the molecule is CCCC(C)=O.CC[C@H](C(N)=O)c1ccccc1. The molecule has 3 heteroatoms. The van der Waals surface area contributed by atoms with Crippen molar-refractivity contribution >= 4 is 11.7 Å².